The first-order valence-electron chi connectivity index (χ1n) is 3.73. The van der Waals surface area contributed by atoms with E-state index in [9.17, 15) is 13.2 Å². The Morgan fingerprint density at radius 3 is 2.07 bits per heavy atom. The molecule has 0 aliphatic heterocycles. The minimum atomic E-state index is -1.60. The fourth-order valence-electron chi connectivity index (χ4n) is 0.954. The molecule has 0 aromatic heterocycles. The fraction of sp³-hybridized carbons (Fsp3) is 0.333. The predicted octanol–water partition coefficient (Wildman–Crippen LogP) is 2.73. The first-order valence-corrected chi connectivity index (χ1v) is 3.73. The van der Waals surface area contributed by atoms with Crippen LogP contribution < -0.4 is 0 Å². The van der Waals surface area contributed by atoms with Crippen LogP contribution >= 0.6 is 0 Å². The summed E-state index contributed by atoms with van der Waals surface area (Å²) >= 11 is 0. The molecule has 1 aromatic carbocycles. The van der Waals surface area contributed by atoms with Gasteiger partial charge in [0.2, 0.25) is 0 Å². The molecule has 1 nitrogen and oxygen atoms in total. The van der Waals surface area contributed by atoms with Crippen LogP contribution in [-0.4, -0.2) is 5.11 Å². The van der Waals surface area contributed by atoms with Crippen molar-refractivity contribution in [2.75, 3.05) is 0 Å². The molecule has 0 fully saturated rings. The van der Waals surface area contributed by atoms with E-state index in [0.29, 0.717) is 0 Å². The Hall–Kier alpha value is -0.528. The zero-order chi connectivity index (χ0) is 10.2. The molecule has 0 spiro atoms. The van der Waals surface area contributed by atoms with Gasteiger partial charge in [0.25, 0.3) is 0 Å². The molecule has 0 saturated carbocycles. The molecule has 5 heteroatoms. The second-order valence-corrected chi connectivity index (χ2v) is 2.98. The van der Waals surface area contributed by atoms with Crippen molar-refractivity contribution in [1.29, 1.82) is 0 Å². The Bertz CT molecular complexity index is 339. The van der Waals surface area contributed by atoms with Crippen molar-refractivity contribution in [1.82, 2.24) is 0 Å². The minimum Gasteiger partial charge on any atom is -0.528 e. The molecule has 0 heterocycles. The smallest absolute Gasteiger partial charge is 0.0869 e. The quantitative estimate of drug-likeness (QED) is 0.591. The molecule has 79 valence electrons. The maximum atomic E-state index is 13.0. The standard InChI is InChI=1S/C9H8F3O.Re/c1-4(2)5-3-6(10)8(12)9(13)7(5)11;/h4,13H,1-2H3;/q-1;. The van der Waals surface area contributed by atoms with Crippen LogP contribution in [0.15, 0.2) is 0 Å². The van der Waals surface area contributed by atoms with Crippen molar-refractivity contribution in [3.05, 3.63) is 29.1 Å². The number of halogens is 3. The summed E-state index contributed by atoms with van der Waals surface area (Å²) in [6.07, 6.45) is 0. The van der Waals surface area contributed by atoms with Gasteiger partial charge in [-0.1, -0.05) is 13.8 Å². The van der Waals surface area contributed by atoms with Crippen LogP contribution in [0, 0.1) is 23.5 Å². The summed E-state index contributed by atoms with van der Waals surface area (Å²) in [7, 11) is 0. The molecular formula is C9H8F3ORe-. The van der Waals surface area contributed by atoms with E-state index in [0.717, 1.165) is 0 Å². The zero-order valence-electron chi connectivity index (χ0n) is 7.54. The van der Waals surface area contributed by atoms with Crippen LogP contribution in [0.4, 0.5) is 13.2 Å². The SMILES string of the molecule is CC(C)c1[c-]c(F)c(F)c(O)c1F.[Re]. The van der Waals surface area contributed by atoms with E-state index in [1.165, 1.54) is 0 Å². The van der Waals surface area contributed by atoms with Gasteiger partial charge in [0, 0.05) is 26.2 Å². The summed E-state index contributed by atoms with van der Waals surface area (Å²) in [5.74, 6) is -5.74. The molecule has 1 rings (SSSR count). The summed E-state index contributed by atoms with van der Waals surface area (Å²) in [5.41, 5.74) is -0.156. The number of hydrogen-bond donors (Lipinski definition) is 1. The van der Waals surface area contributed by atoms with E-state index in [1.54, 1.807) is 13.8 Å². The number of phenolic OH excluding ortho intramolecular Hbond substituents is 1. The second-order valence-electron chi connectivity index (χ2n) is 2.98. The number of phenols is 1. The van der Waals surface area contributed by atoms with Crippen molar-refractivity contribution >= 4 is 0 Å². The van der Waals surface area contributed by atoms with Crippen LogP contribution in [0.2, 0.25) is 0 Å². The van der Waals surface area contributed by atoms with Gasteiger partial charge in [0.1, 0.15) is 0 Å². The maximum absolute atomic E-state index is 13.0. The van der Waals surface area contributed by atoms with Crippen molar-refractivity contribution in [2.45, 2.75) is 19.8 Å². The Morgan fingerprint density at radius 1 is 1.14 bits per heavy atom. The third kappa shape index (κ3) is 2.28. The number of aromatic hydroxyl groups is 1. The van der Waals surface area contributed by atoms with Gasteiger partial charge in [-0.3, -0.25) is 8.78 Å². The molecule has 1 N–H and O–H groups in total. The summed E-state index contributed by atoms with van der Waals surface area (Å²) in [4.78, 5) is 0. The van der Waals surface area contributed by atoms with Crippen molar-refractivity contribution < 1.29 is 38.7 Å². The van der Waals surface area contributed by atoms with Crippen LogP contribution in [0.25, 0.3) is 0 Å². The maximum Gasteiger partial charge on any atom is 0.0869 e. The van der Waals surface area contributed by atoms with E-state index in [-0.39, 0.29) is 31.9 Å². The van der Waals surface area contributed by atoms with Crippen LogP contribution in [0.5, 0.6) is 5.75 Å². The Kier molecular flexibility index (Phi) is 4.63. The second kappa shape index (κ2) is 4.81. The van der Waals surface area contributed by atoms with Gasteiger partial charge in [0.05, 0.1) is 17.4 Å². The molecule has 1 radical (unpaired) electrons. The molecule has 0 amide bonds. The average Bonchev–Trinajstić information content (AvgIpc) is 2.07. The average molecular weight is 375 g/mol. The molecule has 0 bridgehead atoms. The van der Waals surface area contributed by atoms with E-state index in [4.69, 9.17) is 5.11 Å². The molecule has 0 aliphatic rings. The Balaban J connectivity index is 0.00000169. The largest absolute Gasteiger partial charge is 0.528 e. The van der Waals surface area contributed by atoms with Gasteiger partial charge < -0.3 is 5.11 Å². The topological polar surface area (TPSA) is 20.2 Å². The molecular weight excluding hydrogens is 367 g/mol. The zero-order valence-corrected chi connectivity index (χ0v) is 10.3. The van der Waals surface area contributed by atoms with E-state index in [2.05, 4.69) is 0 Å². The van der Waals surface area contributed by atoms with Crippen molar-refractivity contribution in [3.8, 4) is 5.75 Å². The summed E-state index contributed by atoms with van der Waals surface area (Å²) in [5, 5.41) is 8.81. The van der Waals surface area contributed by atoms with Gasteiger partial charge in [-0.05, 0) is 5.92 Å². The predicted molar refractivity (Wildman–Crippen MR) is 40.9 cm³/mol. The first kappa shape index (κ1) is 13.5. The summed E-state index contributed by atoms with van der Waals surface area (Å²) in [6.45, 7) is 3.18. The monoisotopic (exact) mass is 376 g/mol. The van der Waals surface area contributed by atoms with Gasteiger partial charge in [-0.25, -0.2) is 4.39 Å². The third-order valence-corrected chi connectivity index (χ3v) is 1.67. The van der Waals surface area contributed by atoms with E-state index in [1.807, 2.05) is 6.07 Å². The fourth-order valence-corrected chi connectivity index (χ4v) is 0.954. The molecule has 1 aromatic rings. The normalized spacial score (nSPS) is 10.1. The van der Waals surface area contributed by atoms with Gasteiger partial charge in [-0.15, -0.1) is 11.6 Å². The van der Waals surface area contributed by atoms with Crippen LogP contribution in [0.3, 0.4) is 0 Å². The summed E-state index contributed by atoms with van der Waals surface area (Å²) < 4.78 is 38.2. The number of benzene rings is 1. The van der Waals surface area contributed by atoms with Gasteiger partial charge in [0.15, 0.2) is 0 Å². The van der Waals surface area contributed by atoms with Crippen LogP contribution in [0.1, 0.15) is 25.3 Å². The van der Waals surface area contributed by atoms with Crippen molar-refractivity contribution in [3.63, 3.8) is 0 Å². The molecule has 0 atom stereocenters. The molecule has 0 unspecified atom stereocenters. The third-order valence-electron chi connectivity index (χ3n) is 1.67. The molecule has 0 saturated heterocycles. The Morgan fingerprint density at radius 2 is 1.64 bits per heavy atom. The van der Waals surface area contributed by atoms with E-state index < -0.39 is 23.2 Å². The molecule has 14 heavy (non-hydrogen) atoms. The Labute approximate surface area is 93.6 Å². The summed E-state index contributed by atoms with van der Waals surface area (Å²) in [6, 6.07) is 1.91. The number of rotatable bonds is 1. The van der Waals surface area contributed by atoms with Gasteiger partial charge in [-0.2, -0.15) is 0 Å². The minimum absolute atomic E-state index is 0. The van der Waals surface area contributed by atoms with Gasteiger partial charge >= 0.3 is 0 Å². The number of hydrogen-bond acceptors (Lipinski definition) is 1. The first-order chi connectivity index (χ1) is 5.95. The van der Waals surface area contributed by atoms with E-state index >= 15 is 0 Å². The van der Waals surface area contributed by atoms with Crippen LogP contribution in [-0.2, 0) is 20.4 Å². The molecule has 0 aliphatic carbocycles. The van der Waals surface area contributed by atoms with Crippen molar-refractivity contribution in [2.24, 2.45) is 0 Å².